The van der Waals surface area contributed by atoms with Crippen LogP contribution >= 0.6 is 0 Å². The van der Waals surface area contributed by atoms with E-state index in [9.17, 15) is 48.8 Å². The second-order valence-electron chi connectivity index (χ2n) is 16.5. The lowest BCUT2D eigenvalue weighted by Crippen LogP contribution is -2.30. The van der Waals surface area contributed by atoms with Crippen LogP contribution in [0.2, 0.25) is 0 Å². The Morgan fingerprint density at radius 3 is 2.10 bits per heavy atom. The summed E-state index contributed by atoms with van der Waals surface area (Å²) < 4.78 is 108. The molecule has 3 aromatic rings. The first-order valence-electron chi connectivity index (χ1n) is 20.4. The Bertz CT molecular complexity index is 2720. The molecule has 1 unspecified atom stereocenters. The third kappa shape index (κ3) is 10.8. The largest absolute Gasteiger partial charge is 0.481 e. The van der Waals surface area contributed by atoms with Gasteiger partial charge in [-0.05, 0) is 118 Å². The smallest absolute Gasteiger partial charge is 0.303 e. The van der Waals surface area contributed by atoms with Gasteiger partial charge in [0.25, 0.3) is 30.4 Å². The Kier molecular flexibility index (Phi) is 13.9. The quantitative estimate of drug-likeness (QED) is 0.0709. The Balaban J connectivity index is 1.48. The van der Waals surface area contributed by atoms with Gasteiger partial charge in [-0.2, -0.15) is 29.8 Å². The molecule has 0 radical (unpaired) electrons. The van der Waals surface area contributed by atoms with Crippen molar-refractivity contribution >= 4 is 53.4 Å². The van der Waals surface area contributed by atoms with Crippen LogP contribution in [0.15, 0.2) is 125 Å². The maximum absolute atomic E-state index is 11.9. The van der Waals surface area contributed by atoms with Gasteiger partial charge >= 0.3 is 5.97 Å². The van der Waals surface area contributed by atoms with Gasteiger partial charge in [0, 0.05) is 53.9 Å². The zero-order valence-electron chi connectivity index (χ0n) is 34.9. The summed E-state index contributed by atoms with van der Waals surface area (Å²) in [5, 5.41) is 9.53. The van der Waals surface area contributed by atoms with Crippen LogP contribution in [-0.2, 0) is 46.0 Å². The molecule has 6 rings (SSSR count). The summed E-state index contributed by atoms with van der Waals surface area (Å²) in [5.41, 5.74) is 5.96. The van der Waals surface area contributed by atoms with Crippen molar-refractivity contribution in [2.45, 2.75) is 87.9 Å². The molecule has 62 heavy (non-hydrogen) atoms. The summed E-state index contributed by atoms with van der Waals surface area (Å²) in [4.78, 5) is 13.4. The Labute approximate surface area is 363 Å². The molecule has 0 spiro atoms. The van der Waals surface area contributed by atoms with Gasteiger partial charge < -0.3 is 14.7 Å². The molecule has 3 aromatic carbocycles. The highest BCUT2D eigenvalue weighted by molar-refractivity contribution is 7.86. The number of rotatable bonds is 18. The van der Waals surface area contributed by atoms with Gasteiger partial charge in [0.1, 0.15) is 18.1 Å². The molecule has 2 heterocycles. The number of hydrogen-bond acceptors (Lipinski definition) is 9. The van der Waals surface area contributed by atoms with Crippen LogP contribution in [0.5, 0.6) is 5.75 Å². The number of carboxylic acids is 1. The lowest BCUT2D eigenvalue weighted by Gasteiger charge is -2.30. The number of aliphatic carboxylic acids is 1. The van der Waals surface area contributed by atoms with Crippen molar-refractivity contribution in [1.29, 1.82) is 0 Å². The lowest BCUT2D eigenvalue weighted by molar-refractivity contribution is -0.437. The van der Waals surface area contributed by atoms with E-state index >= 15 is 0 Å². The molecule has 1 aliphatic carbocycles. The first-order chi connectivity index (χ1) is 29.1. The summed E-state index contributed by atoms with van der Waals surface area (Å²) in [6, 6.07) is 21.0. The number of carboxylic acid groups (broad SMARTS) is 1. The molecular formula is C45H53N2O12S3+. The number of benzene rings is 3. The molecule has 0 amide bonds. The Morgan fingerprint density at radius 1 is 0.790 bits per heavy atom. The van der Waals surface area contributed by atoms with Crippen LogP contribution in [0.3, 0.4) is 0 Å². The number of hydrogen-bond donors (Lipinski definition) is 4. The van der Waals surface area contributed by atoms with Gasteiger partial charge in [-0.3, -0.25) is 18.5 Å². The first kappa shape index (κ1) is 46.6. The number of carbonyl (C=O) groups is 1. The molecule has 0 saturated carbocycles. The van der Waals surface area contributed by atoms with Crippen molar-refractivity contribution in [3.05, 3.63) is 131 Å². The molecular weight excluding hydrogens is 857 g/mol. The van der Waals surface area contributed by atoms with Crippen LogP contribution in [0.25, 0.3) is 0 Å². The number of anilines is 1. The molecule has 1 atom stereocenters. The predicted octanol–water partition coefficient (Wildman–Crippen LogP) is 7.78. The molecule has 0 fully saturated rings. The van der Waals surface area contributed by atoms with Crippen LogP contribution in [0.4, 0.5) is 11.4 Å². The van der Waals surface area contributed by atoms with Crippen molar-refractivity contribution in [1.82, 2.24) is 0 Å². The van der Waals surface area contributed by atoms with E-state index in [1.54, 1.807) is 0 Å². The molecule has 17 heteroatoms. The van der Waals surface area contributed by atoms with Gasteiger partial charge in [-0.1, -0.05) is 42.5 Å². The van der Waals surface area contributed by atoms with Gasteiger partial charge in [-0.15, -0.1) is 0 Å². The van der Waals surface area contributed by atoms with Crippen molar-refractivity contribution in [3.63, 3.8) is 0 Å². The number of nitrogens with zero attached hydrogens (tertiary/aromatic N) is 2. The van der Waals surface area contributed by atoms with E-state index in [4.69, 9.17) is 4.74 Å². The SMILES string of the molecule is CC1(C)C(/C=C/C2=C(Oc3ccc(S(=O)(=O)O)cc3)C(=C/C=C3\N(CCCS(=O)(=O)O)c4ccccc4C3(C)CCCC(=O)O)/CCC2)=[N+](CCCS(=O)(=O)O)c2ccccc21. The molecule has 332 valence electrons. The zero-order valence-corrected chi connectivity index (χ0v) is 37.3. The standard InChI is InChI=1S/C45H52N2O12S3/c1-44(2)36-14-4-6-16-38(36)46(28-10-30-60(50,51)52)40(44)25-19-32-12-8-13-33(43(32)59-34-21-23-35(24-22-34)62(56,57)58)20-26-41-45(3,27-9-18-42(48)49)37-15-5-7-17-39(37)47(41)29-11-31-61(53,54)55/h4-7,14-17,19-26H,8-13,18,27-31H2,1-3H3,(H3-,48,49,50,51,52,53,54,55,56,57,58)/p+1. The monoisotopic (exact) mass is 909 g/mol. The molecule has 0 bridgehead atoms. The highest BCUT2D eigenvalue weighted by atomic mass is 32.2. The van der Waals surface area contributed by atoms with Crippen LogP contribution in [-0.4, -0.2) is 84.9 Å². The summed E-state index contributed by atoms with van der Waals surface area (Å²) in [5.74, 6) is -0.932. The van der Waals surface area contributed by atoms with Crippen molar-refractivity contribution < 1.29 is 58.1 Å². The predicted molar refractivity (Wildman–Crippen MR) is 237 cm³/mol. The normalized spacial score (nSPS) is 20.4. The Morgan fingerprint density at radius 2 is 1.44 bits per heavy atom. The van der Waals surface area contributed by atoms with Gasteiger partial charge in [0.15, 0.2) is 5.71 Å². The third-order valence-corrected chi connectivity index (χ3v) is 14.3. The highest BCUT2D eigenvalue weighted by Crippen LogP contribution is 2.51. The second-order valence-corrected chi connectivity index (χ2v) is 21.1. The van der Waals surface area contributed by atoms with Crippen LogP contribution in [0, 0.1) is 0 Å². The van der Waals surface area contributed by atoms with Crippen molar-refractivity contribution in [2.75, 3.05) is 29.5 Å². The van der Waals surface area contributed by atoms with Gasteiger partial charge in [0.05, 0.1) is 21.8 Å². The van der Waals surface area contributed by atoms with Crippen molar-refractivity contribution in [3.8, 4) is 5.75 Å². The Hall–Kier alpha value is -4.91. The fourth-order valence-corrected chi connectivity index (χ4v) is 10.3. The summed E-state index contributed by atoms with van der Waals surface area (Å²) in [6.45, 7) is 6.80. The van der Waals surface area contributed by atoms with E-state index in [1.807, 2.05) is 84.7 Å². The average molecular weight is 910 g/mol. The van der Waals surface area contributed by atoms with Gasteiger partial charge in [0.2, 0.25) is 5.69 Å². The minimum atomic E-state index is -4.47. The van der Waals surface area contributed by atoms with E-state index in [1.165, 1.54) is 24.3 Å². The van der Waals surface area contributed by atoms with Gasteiger partial charge in [-0.25, -0.2) is 0 Å². The molecule has 0 saturated heterocycles. The average Bonchev–Trinajstić information content (AvgIpc) is 3.55. The highest BCUT2D eigenvalue weighted by Gasteiger charge is 2.45. The summed E-state index contributed by atoms with van der Waals surface area (Å²) >= 11 is 0. The van der Waals surface area contributed by atoms with E-state index in [0.29, 0.717) is 43.7 Å². The second kappa shape index (κ2) is 18.4. The number of ether oxygens (including phenoxy) is 1. The topological polar surface area (TPSA) is 216 Å². The van der Waals surface area contributed by atoms with E-state index in [0.717, 1.165) is 51.5 Å². The van der Waals surface area contributed by atoms with E-state index < -0.39 is 58.7 Å². The maximum Gasteiger partial charge on any atom is 0.303 e. The summed E-state index contributed by atoms with van der Waals surface area (Å²) in [7, 11) is -12.9. The third-order valence-electron chi connectivity index (χ3n) is 11.8. The number of para-hydroxylation sites is 2. The molecule has 4 N–H and O–H groups in total. The van der Waals surface area contributed by atoms with Crippen LogP contribution < -0.4 is 9.64 Å². The zero-order chi connectivity index (χ0) is 45.1. The molecule has 2 aliphatic heterocycles. The first-order valence-corrected chi connectivity index (χ1v) is 25.1. The van der Waals surface area contributed by atoms with Crippen molar-refractivity contribution in [2.24, 2.45) is 0 Å². The number of fused-ring (bicyclic) bond motifs is 2. The van der Waals surface area contributed by atoms with Crippen LogP contribution in [0.1, 0.15) is 83.3 Å². The molecule has 0 aromatic heterocycles. The fraction of sp³-hybridized carbons (Fsp3) is 0.378. The van der Waals surface area contributed by atoms with E-state index in [2.05, 4.69) is 18.4 Å². The number of allylic oxidation sites excluding steroid dienone is 7. The minimum absolute atomic E-state index is 0.0411. The molecule has 14 nitrogen and oxygen atoms in total. The lowest BCUT2D eigenvalue weighted by atomic mass is 9.77. The van der Waals surface area contributed by atoms with E-state index in [-0.39, 0.29) is 30.7 Å². The summed E-state index contributed by atoms with van der Waals surface area (Å²) in [6.07, 6.45) is 10.9. The maximum atomic E-state index is 11.9. The molecule has 3 aliphatic rings. The minimum Gasteiger partial charge on any atom is -0.481 e. The fourth-order valence-electron chi connectivity index (χ4n) is 8.81.